The lowest BCUT2D eigenvalue weighted by Gasteiger charge is -2.21. The summed E-state index contributed by atoms with van der Waals surface area (Å²) in [5.41, 5.74) is 3.12. The molecular weight excluding hydrogens is 316 g/mol. The van der Waals surface area contributed by atoms with E-state index in [0.29, 0.717) is 13.1 Å². The van der Waals surface area contributed by atoms with Gasteiger partial charge in [-0.3, -0.25) is 4.79 Å². The molecular formula is C18H22N6O. The minimum Gasteiger partial charge on any atom is -0.355 e. The van der Waals surface area contributed by atoms with Crippen molar-refractivity contribution in [2.45, 2.75) is 39.7 Å². The Bertz CT molecular complexity index is 925. The number of carbonyl (C=O) groups is 1. The van der Waals surface area contributed by atoms with Crippen LogP contribution in [0.25, 0.3) is 5.65 Å². The van der Waals surface area contributed by atoms with Gasteiger partial charge in [-0.25, -0.2) is 14.6 Å². The van der Waals surface area contributed by atoms with Gasteiger partial charge in [-0.15, -0.1) is 0 Å². The number of fused-ring (bicyclic) bond motifs is 2. The van der Waals surface area contributed by atoms with Crippen molar-refractivity contribution in [1.29, 1.82) is 0 Å². The summed E-state index contributed by atoms with van der Waals surface area (Å²) in [6.45, 7) is 5.16. The van der Waals surface area contributed by atoms with Crippen LogP contribution in [-0.2, 0) is 24.2 Å². The normalized spacial score (nSPS) is 16.8. The number of nitrogens with one attached hydrogen (secondary N) is 1. The zero-order valence-corrected chi connectivity index (χ0v) is 14.6. The second-order valence-electron chi connectivity index (χ2n) is 6.69. The molecule has 1 atom stereocenters. The number of pyridine rings is 1. The van der Waals surface area contributed by atoms with Gasteiger partial charge >= 0.3 is 0 Å². The molecule has 0 spiro atoms. The number of carbonyl (C=O) groups excluding carboxylic acids is 1. The number of aromatic nitrogens is 5. The third-order valence-electron chi connectivity index (χ3n) is 4.74. The molecule has 1 aliphatic heterocycles. The smallest absolute Gasteiger partial charge is 0.225 e. The van der Waals surface area contributed by atoms with E-state index in [-0.39, 0.29) is 11.8 Å². The number of rotatable bonds is 4. The van der Waals surface area contributed by atoms with Crippen LogP contribution in [0.2, 0.25) is 0 Å². The van der Waals surface area contributed by atoms with Crippen molar-refractivity contribution in [1.82, 2.24) is 29.5 Å². The van der Waals surface area contributed by atoms with Gasteiger partial charge in [-0.1, -0.05) is 6.07 Å². The lowest BCUT2D eigenvalue weighted by molar-refractivity contribution is -0.126. The molecule has 0 aliphatic carbocycles. The monoisotopic (exact) mass is 338 g/mol. The van der Waals surface area contributed by atoms with Crippen molar-refractivity contribution in [3.8, 4) is 0 Å². The Labute approximate surface area is 146 Å². The molecule has 4 rings (SSSR count). The molecule has 1 aliphatic rings. The third kappa shape index (κ3) is 3.14. The Kier molecular flexibility index (Phi) is 3.99. The first-order valence-corrected chi connectivity index (χ1v) is 8.71. The standard InChI is InChI=1S/C18H22N6O/c1-12-4-3-9-23-11-15(21-17(12)23)7-8-19-18(25)14-5-6-16-20-13(2)22-24(16)10-14/h3-4,9,11,14H,5-8,10H2,1-2H3,(H,19,25). The number of hydrogen-bond acceptors (Lipinski definition) is 4. The largest absolute Gasteiger partial charge is 0.355 e. The molecule has 1 unspecified atom stereocenters. The van der Waals surface area contributed by atoms with Gasteiger partial charge in [0.15, 0.2) is 0 Å². The fourth-order valence-electron chi connectivity index (χ4n) is 3.43. The summed E-state index contributed by atoms with van der Waals surface area (Å²) in [5, 5.41) is 7.40. The highest BCUT2D eigenvalue weighted by atomic mass is 16.1. The van der Waals surface area contributed by atoms with Gasteiger partial charge in [0.1, 0.15) is 17.3 Å². The van der Waals surface area contributed by atoms with E-state index in [9.17, 15) is 4.79 Å². The maximum absolute atomic E-state index is 12.4. The van der Waals surface area contributed by atoms with E-state index in [1.165, 1.54) is 0 Å². The van der Waals surface area contributed by atoms with Crippen LogP contribution in [0.1, 0.15) is 29.3 Å². The molecule has 0 saturated carbocycles. The van der Waals surface area contributed by atoms with Crippen molar-refractivity contribution >= 4 is 11.6 Å². The molecule has 7 nitrogen and oxygen atoms in total. The number of imidazole rings is 1. The Morgan fingerprint density at radius 1 is 1.36 bits per heavy atom. The molecule has 130 valence electrons. The van der Waals surface area contributed by atoms with E-state index >= 15 is 0 Å². The van der Waals surface area contributed by atoms with E-state index in [0.717, 1.165) is 47.8 Å². The first-order valence-electron chi connectivity index (χ1n) is 8.71. The number of nitrogens with zero attached hydrogens (tertiary/aromatic N) is 5. The third-order valence-corrected chi connectivity index (χ3v) is 4.74. The van der Waals surface area contributed by atoms with E-state index in [4.69, 9.17) is 0 Å². The second-order valence-corrected chi connectivity index (χ2v) is 6.69. The first-order chi connectivity index (χ1) is 12.1. The van der Waals surface area contributed by atoms with Crippen molar-refractivity contribution in [3.63, 3.8) is 0 Å². The van der Waals surface area contributed by atoms with Crippen LogP contribution in [0, 0.1) is 19.8 Å². The molecule has 4 heterocycles. The highest BCUT2D eigenvalue weighted by molar-refractivity contribution is 5.78. The van der Waals surface area contributed by atoms with Gasteiger partial charge < -0.3 is 9.72 Å². The molecule has 7 heteroatoms. The summed E-state index contributed by atoms with van der Waals surface area (Å²) < 4.78 is 3.90. The predicted octanol–water partition coefficient (Wildman–Crippen LogP) is 1.46. The van der Waals surface area contributed by atoms with Crippen LogP contribution >= 0.6 is 0 Å². The molecule has 0 aromatic carbocycles. The zero-order chi connectivity index (χ0) is 17.4. The summed E-state index contributed by atoms with van der Waals surface area (Å²) in [6, 6.07) is 4.07. The minimum atomic E-state index is -0.0306. The summed E-state index contributed by atoms with van der Waals surface area (Å²) in [4.78, 5) is 21.5. The van der Waals surface area contributed by atoms with E-state index < -0.39 is 0 Å². The molecule has 3 aromatic heterocycles. The summed E-state index contributed by atoms with van der Waals surface area (Å²) >= 11 is 0. The van der Waals surface area contributed by atoms with Crippen LogP contribution in [-0.4, -0.2) is 36.6 Å². The van der Waals surface area contributed by atoms with Crippen LogP contribution in [0.3, 0.4) is 0 Å². The van der Waals surface area contributed by atoms with Crippen LogP contribution < -0.4 is 5.32 Å². The van der Waals surface area contributed by atoms with Crippen molar-refractivity contribution < 1.29 is 4.79 Å². The Morgan fingerprint density at radius 2 is 2.24 bits per heavy atom. The summed E-state index contributed by atoms with van der Waals surface area (Å²) in [5.74, 6) is 1.83. The van der Waals surface area contributed by atoms with Gasteiger partial charge in [0.25, 0.3) is 0 Å². The fraction of sp³-hybridized carbons (Fsp3) is 0.444. The topological polar surface area (TPSA) is 77.1 Å². The summed E-state index contributed by atoms with van der Waals surface area (Å²) in [7, 11) is 0. The maximum Gasteiger partial charge on any atom is 0.225 e. The van der Waals surface area contributed by atoms with Crippen LogP contribution in [0.5, 0.6) is 0 Å². The SMILES string of the molecule is Cc1nc2n(n1)CC(C(=O)NCCc1cn3cccc(C)c3n1)CC2. The van der Waals surface area contributed by atoms with Gasteiger partial charge in [0.05, 0.1) is 18.2 Å². The van der Waals surface area contributed by atoms with Crippen LogP contribution in [0.15, 0.2) is 24.5 Å². The predicted molar refractivity (Wildman–Crippen MR) is 93.2 cm³/mol. The van der Waals surface area contributed by atoms with Gasteiger partial charge in [-0.05, 0) is 31.9 Å². The fourth-order valence-corrected chi connectivity index (χ4v) is 3.43. The van der Waals surface area contributed by atoms with E-state index in [1.807, 2.05) is 34.5 Å². The number of amides is 1. The first kappa shape index (κ1) is 15.8. The minimum absolute atomic E-state index is 0.0306. The van der Waals surface area contributed by atoms with Gasteiger partial charge in [-0.2, -0.15) is 5.10 Å². The lowest BCUT2D eigenvalue weighted by atomic mass is 9.99. The Hall–Kier alpha value is -2.70. The maximum atomic E-state index is 12.4. The molecule has 0 fully saturated rings. The molecule has 25 heavy (non-hydrogen) atoms. The average Bonchev–Trinajstić information content (AvgIpc) is 3.16. The molecule has 3 aromatic rings. The van der Waals surface area contributed by atoms with Crippen molar-refractivity contribution in [2.24, 2.45) is 5.92 Å². The average molecular weight is 338 g/mol. The molecule has 1 amide bonds. The van der Waals surface area contributed by atoms with Crippen molar-refractivity contribution in [2.75, 3.05) is 6.54 Å². The number of hydrogen-bond donors (Lipinski definition) is 1. The Morgan fingerprint density at radius 3 is 3.08 bits per heavy atom. The molecule has 0 bridgehead atoms. The quantitative estimate of drug-likeness (QED) is 0.781. The van der Waals surface area contributed by atoms with Gasteiger partial charge in [0.2, 0.25) is 5.91 Å². The Balaban J connectivity index is 1.33. The number of aryl methyl sites for hydroxylation is 3. The van der Waals surface area contributed by atoms with E-state index in [1.54, 1.807) is 0 Å². The molecule has 0 radical (unpaired) electrons. The lowest BCUT2D eigenvalue weighted by Crippen LogP contribution is -2.37. The van der Waals surface area contributed by atoms with Crippen LogP contribution in [0.4, 0.5) is 0 Å². The van der Waals surface area contributed by atoms with E-state index in [2.05, 4.69) is 33.4 Å². The van der Waals surface area contributed by atoms with Crippen molar-refractivity contribution in [3.05, 3.63) is 47.4 Å². The second kappa shape index (κ2) is 6.31. The highest BCUT2D eigenvalue weighted by Crippen LogP contribution is 2.18. The highest BCUT2D eigenvalue weighted by Gasteiger charge is 2.26. The zero-order valence-electron chi connectivity index (χ0n) is 14.6. The molecule has 1 N–H and O–H groups in total. The molecule has 0 saturated heterocycles. The summed E-state index contributed by atoms with van der Waals surface area (Å²) in [6.07, 6.45) is 6.39. The van der Waals surface area contributed by atoms with Gasteiger partial charge in [0, 0.05) is 31.8 Å².